The fourth-order valence-corrected chi connectivity index (χ4v) is 3.81. The summed E-state index contributed by atoms with van der Waals surface area (Å²) < 4.78 is 0. The van der Waals surface area contributed by atoms with Gasteiger partial charge in [0.15, 0.2) is 0 Å². The van der Waals surface area contributed by atoms with E-state index in [2.05, 4.69) is 17.1 Å². The maximum atomic E-state index is 5.95. The molecule has 3 rings (SSSR count). The van der Waals surface area contributed by atoms with Crippen LogP contribution in [0, 0.1) is 11.8 Å². The number of hydrogen-bond acceptors (Lipinski definition) is 2. The van der Waals surface area contributed by atoms with E-state index in [9.17, 15) is 0 Å². The monoisotopic (exact) mass is 219 g/mol. The van der Waals surface area contributed by atoms with Crippen LogP contribution >= 0.6 is 0 Å². The van der Waals surface area contributed by atoms with Crippen LogP contribution in [0.3, 0.4) is 0 Å². The van der Waals surface area contributed by atoms with Crippen molar-refractivity contribution in [2.24, 2.45) is 11.8 Å². The van der Waals surface area contributed by atoms with Crippen molar-refractivity contribution in [1.29, 1.82) is 0 Å². The van der Waals surface area contributed by atoms with Gasteiger partial charge in [-0.15, -0.1) is 0 Å². The van der Waals surface area contributed by atoms with Gasteiger partial charge in [-0.2, -0.15) is 5.10 Å². The first-order valence-electron chi connectivity index (χ1n) is 6.62. The Bertz CT molecular complexity index is 383. The molecular formula is C13H21N3. The summed E-state index contributed by atoms with van der Waals surface area (Å²) in [5.41, 5.74) is 8.62. The van der Waals surface area contributed by atoms with E-state index in [0.29, 0.717) is 0 Å². The highest BCUT2D eigenvalue weighted by molar-refractivity contribution is 5.44. The second kappa shape index (κ2) is 3.79. The average molecular weight is 219 g/mol. The summed E-state index contributed by atoms with van der Waals surface area (Å²) in [5, 5.41) is 7.43. The molecule has 1 heterocycles. The molecule has 3 atom stereocenters. The highest BCUT2D eigenvalue weighted by Crippen LogP contribution is 2.53. The summed E-state index contributed by atoms with van der Waals surface area (Å²) in [6.45, 7) is 2.21. The summed E-state index contributed by atoms with van der Waals surface area (Å²) >= 11 is 0. The minimum Gasteiger partial charge on any atom is -0.382 e. The molecule has 0 aliphatic heterocycles. The second-order valence-electron chi connectivity index (χ2n) is 5.53. The number of nitrogens with zero attached hydrogens (tertiary/aromatic N) is 1. The molecule has 1 aromatic heterocycles. The average Bonchev–Trinajstić information content (AvgIpc) is 2.95. The van der Waals surface area contributed by atoms with Gasteiger partial charge < -0.3 is 5.73 Å². The minimum absolute atomic E-state index is 0.727. The van der Waals surface area contributed by atoms with Crippen molar-refractivity contribution in [2.75, 3.05) is 5.73 Å². The fraction of sp³-hybridized carbons (Fsp3) is 0.769. The topological polar surface area (TPSA) is 54.7 Å². The Morgan fingerprint density at radius 3 is 2.88 bits per heavy atom. The predicted molar refractivity (Wildman–Crippen MR) is 65.2 cm³/mol. The molecule has 0 saturated heterocycles. The Kier molecular flexibility index (Phi) is 2.41. The number of fused-ring (bicyclic) bond motifs is 2. The van der Waals surface area contributed by atoms with Crippen molar-refractivity contribution in [3.63, 3.8) is 0 Å². The van der Waals surface area contributed by atoms with Gasteiger partial charge in [0.2, 0.25) is 0 Å². The van der Waals surface area contributed by atoms with Crippen LogP contribution in [0.1, 0.15) is 56.2 Å². The van der Waals surface area contributed by atoms with Gasteiger partial charge in [-0.25, -0.2) is 0 Å². The number of anilines is 1. The third-order valence-corrected chi connectivity index (χ3v) is 4.54. The molecule has 2 saturated carbocycles. The van der Waals surface area contributed by atoms with E-state index in [1.807, 2.05) is 0 Å². The zero-order valence-corrected chi connectivity index (χ0v) is 10.00. The molecule has 3 unspecified atom stereocenters. The second-order valence-corrected chi connectivity index (χ2v) is 5.53. The van der Waals surface area contributed by atoms with Crippen LogP contribution in [-0.2, 0) is 6.42 Å². The van der Waals surface area contributed by atoms with Crippen LogP contribution in [0.2, 0.25) is 0 Å². The smallest absolute Gasteiger partial charge is 0.148 e. The summed E-state index contributed by atoms with van der Waals surface area (Å²) in [5.74, 6) is 3.35. The number of aromatic amines is 1. The van der Waals surface area contributed by atoms with Crippen LogP contribution in [0.25, 0.3) is 0 Å². The van der Waals surface area contributed by atoms with Crippen LogP contribution in [0.4, 0.5) is 5.82 Å². The first-order chi connectivity index (χ1) is 7.79. The first-order valence-corrected chi connectivity index (χ1v) is 6.62. The Balaban J connectivity index is 1.88. The van der Waals surface area contributed by atoms with Crippen LogP contribution in [-0.4, -0.2) is 10.2 Å². The summed E-state index contributed by atoms with van der Waals surface area (Å²) in [6.07, 6.45) is 7.90. The summed E-state index contributed by atoms with van der Waals surface area (Å²) in [7, 11) is 0. The summed E-state index contributed by atoms with van der Waals surface area (Å²) in [6, 6.07) is 0. The molecule has 0 amide bonds. The Hall–Kier alpha value is -0.990. The maximum absolute atomic E-state index is 5.95. The molecule has 2 fully saturated rings. The third-order valence-electron chi connectivity index (χ3n) is 4.54. The molecule has 1 aromatic rings. The standard InChI is InChI=1S/C13H21N3/c1-2-3-10-12(15-16-13(10)14)11-7-8-4-5-9(11)6-8/h8-9,11H,2-7H2,1H3,(H3,14,15,16). The molecule has 2 aliphatic rings. The molecule has 2 bridgehead atoms. The maximum Gasteiger partial charge on any atom is 0.148 e. The molecule has 0 aromatic carbocycles. The molecule has 3 nitrogen and oxygen atoms in total. The van der Waals surface area contributed by atoms with E-state index >= 15 is 0 Å². The van der Waals surface area contributed by atoms with Crippen molar-refractivity contribution in [3.05, 3.63) is 11.3 Å². The van der Waals surface area contributed by atoms with E-state index in [0.717, 1.165) is 36.4 Å². The number of nitrogen functional groups attached to an aromatic ring is 1. The van der Waals surface area contributed by atoms with Crippen LogP contribution < -0.4 is 5.73 Å². The van der Waals surface area contributed by atoms with Gasteiger partial charge in [-0.3, -0.25) is 5.10 Å². The van der Waals surface area contributed by atoms with E-state index < -0.39 is 0 Å². The predicted octanol–water partition coefficient (Wildman–Crippen LogP) is 2.85. The molecule has 0 radical (unpaired) electrons. The molecule has 16 heavy (non-hydrogen) atoms. The highest BCUT2D eigenvalue weighted by Gasteiger charge is 2.41. The number of nitrogens with one attached hydrogen (secondary N) is 1. The molecule has 3 N–H and O–H groups in total. The molecule has 3 heteroatoms. The zero-order valence-electron chi connectivity index (χ0n) is 10.00. The van der Waals surface area contributed by atoms with E-state index in [4.69, 9.17) is 5.73 Å². The molecular weight excluding hydrogens is 198 g/mol. The number of nitrogens with two attached hydrogens (primary N) is 1. The zero-order chi connectivity index (χ0) is 11.1. The van der Waals surface area contributed by atoms with Gasteiger partial charge in [0.1, 0.15) is 5.82 Å². The van der Waals surface area contributed by atoms with Gasteiger partial charge >= 0.3 is 0 Å². The van der Waals surface area contributed by atoms with Crippen LogP contribution in [0.5, 0.6) is 0 Å². The number of H-pyrrole nitrogens is 1. The lowest BCUT2D eigenvalue weighted by atomic mass is 9.84. The van der Waals surface area contributed by atoms with Crippen LogP contribution in [0.15, 0.2) is 0 Å². The first kappa shape index (κ1) is 10.2. The SMILES string of the molecule is CCCc1c(N)n[nH]c1C1CC2CCC1C2. The van der Waals surface area contributed by atoms with Gasteiger partial charge in [0.05, 0.1) is 0 Å². The van der Waals surface area contributed by atoms with Gasteiger partial charge in [-0.05, 0) is 37.5 Å². The fourth-order valence-electron chi connectivity index (χ4n) is 3.81. The molecule has 88 valence electrons. The molecule has 2 aliphatic carbocycles. The lowest BCUT2D eigenvalue weighted by molar-refractivity contribution is 0.411. The number of aromatic nitrogens is 2. The van der Waals surface area contributed by atoms with Crippen molar-refractivity contribution >= 4 is 5.82 Å². The van der Waals surface area contributed by atoms with E-state index in [-0.39, 0.29) is 0 Å². The van der Waals surface area contributed by atoms with E-state index in [1.165, 1.54) is 36.9 Å². The largest absolute Gasteiger partial charge is 0.382 e. The summed E-state index contributed by atoms with van der Waals surface area (Å²) in [4.78, 5) is 0. The Morgan fingerprint density at radius 2 is 2.25 bits per heavy atom. The lowest BCUT2D eigenvalue weighted by Gasteiger charge is -2.21. The molecule has 0 spiro atoms. The highest BCUT2D eigenvalue weighted by atomic mass is 15.2. The lowest BCUT2D eigenvalue weighted by Crippen LogP contribution is -2.11. The third kappa shape index (κ3) is 1.45. The van der Waals surface area contributed by atoms with Gasteiger partial charge in [0.25, 0.3) is 0 Å². The number of hydrogen-bond donors (Lipinski definition) is 2. The van der Waals surface area contributed by atoms with E-state index in [1.54, 1.807) is 0 Å². The quantitative estimate of drug-likeness (QED) is 0.821. The normalized spacial score (nSPS) is 32.4. The van der Waals surface area contributed by atoms with Gasteiger partial charge in [0, 0.05) is 17.2 Å². The van der Waals surface area contributed by atoms with Crippen molar-refractivity contribution < 1.29 is 0 Å². The van der Waals surface area contributed by atoms with Gasteiger partial charge in [-0.1, -0.05) is 19.8 Å². The number of rotatable bonds is 3. The Labute approximate surface area is 96.8 Å². The van der Waals surface area contributed by atoms with Crippen molar-refractivity contribution in [2.45, 2.75) is 51.4 Å². The van der Waals surface area contributed by atoms with Crippen molar-refractivity contribution in [1.82, 2.24) is 10.2 Å². The minimum atomic E-state index is 0.727. The van der Waals surface area contributed by atoms with Crippen molar-refractivity contribution in [3.8, 4) is 0 Å². The Morgan fingerprint density at radius 1 is 1.38 bits per heavy atom.